The molecule has 0 heterocycles. The van der Waals surface area contributed by atoms with E-state index in [4.69, 9.17) is 5.11 Å². The number of rotatable bonds is 5. The minimum atomic E-state index is -1.52. The van der Waals surface area contributed by atoms with Gasteiger partial charge in [-0.2, -0.15) is 0 Å². The zero-order valence-electron chi connectivity index (χ0n) is 23.5. The van der Waals surface area contributed by atoms with Crippen molar-refractivity contribution in [3.8, 4) is 0 Å². The van der Waals surface area contributed by atoms with Crippen molar-refractivity contribution in [3.05, 3.63) is 22.8 Å². The summed E-state index contributed by atoms with van der Waals surface area (Å²) in [4.78, 5) is 53.1. The second kappa shape index (κ2) is 8.93. The highest BCUT2D eigenvalue weighted by Crippen LogP contribution is 2.70. The number of aliphatic hydroxyl groups excluding tert-OH is 3. The van der Waals surface area contributed by atoms with E-state index in [0.29, 0.717) is 12.8 Å². The Balaban J connectivity index is 1.82. The molecule has 2 fully saturated rings. The highest BCUT2D eigenvalue weighted by molar-refractivity contribution is 6.17. The van der Waals surface area contributed by atoms with Crippen LogP contribution in [0.1, 0.15) is 80.6 Å². The molecule has 2 saturated carbocycles. The normalized spacial score (nSPS) is 42.4. The molecule has 0 saturated heterocycles. The molecule has 38 heavy (non-hydrogen) atoms. The van der Waals surface area contributed by atoms with Gasteiger partial charge in [0.25, 0.3) is 0 Å². The fourth-order valence-electron chi connectivity index (χ4n) is 8.82. The molecule has 0 aliphatic heterocycles. The van der Waals surface area contributed by atoms with Crippen LogP contribution in [0.15, 0.2) is 22.8 Å². The molecule has 4 aliphatic carbocycles. The monoisotopic (exact) mass is 530 g/mol. The molecule has 0 aromatic carbocycles. The van der Waals surface area contributed by atoms with Gasteiger partial charge in [0.2, 0.25) is 0 Å². The summed E-state index contributed by atoms with van der Waals surface area (Å²) in [5.41, 5.74) is -3.51. The molecular weight excluding hydrogens is 488 g/mol. The van der Waals surface area contributed by atoms with Gasteiger partial charge in [0.15, 0.2) is 11.6 Å². The third-order valence-corrected chi connectivity index (χ3v) is 11.4. The SMILES string of the molecule is C/C(=C\[C@@H](O)CC(C)[C@H]1CC(=O)[C@@]2(C)C3=C(C(=O)[C@@H](O)[C@]12C)[C@@]1(C)CC[C@H](O)C(C)(C)C1CC3=O)C(=O)O. The molecule has 4 rings (SSSR count). The zero-order valence-corrected chi connectivity index (χ0v) is 23.5. The van der Waals surface area contributed by atoms with Crippen molar-refractivity contribution in [2.75, 3.05) is 0 Å². The van der Waals surface area contributed by atoms with Crippen molar-refractivity contribution in [2.45, 2.75) is 98.9 Å². The Hall–Kier alpha value is -2.16. The quantitative estimate of drug-likeness (QED) is 0.396. The summed E-state index contributed by atoms with van der Waals surface area (Å²) < 4.78 is 0. The van der Waals surface area contributed by atoms with E-state index in [1.54, 1.807) is 13.8 Å². The lowest BCUT2D eigenvalue weighted by molar-refractivity contribution is -0.159. The van der Waals surface area contributed by atoms with Crippen LogP contribution in [-0.2, 0) is 19.2 Å². The Labute approximate surface area is 224 Å². The van der Waals surface area contributed by atoms with Crippen LogP contribution in [0, 0.1) is 39.4 Å². The second-order valence-electron chi connectivity index (χ2n) is 13.6. The van der Waals surface area contributed by atoms with E-state index in [0.717, 1.165) is 0 Å². The van der Waals surface area contributed by atoms with E-state index in [-0.39, 0.29) is 59.4 Å². The minimum absolute atomic E-state index is 0.00190. The van der Waals surface area contributed by atoms with Gasteiger partial charge in [-0.3, -0.25) is 14.4 Å². The number of aliphatic hydroxyl groups is 3. The van der Waals surface area contributed by atoms with Crippen LogP contribution in [0.4, 0.5) is 0 Å². The first kappa shape index (κ1) is 28.8. The van der Waals surface area contributed by atoms with E-state index in [2.05, 4.69) is 0 Å². The Morgan fingerprint density at radius 1 is 1.05 bits per heavy atom. The number of ketones is 3. The van der Waals surface area contributed by atoms with E-state index < -0.39 is 57.6 Å². The lowest BCUT2D eigenvalue weighted by Gasteiger charge is -2.60. The number of aliphatic carboxylic acids is 1. The lowest BCUT2D eigenvalue weighted by atomic mass is 9.42. The Morgan fingerprint density at radius 3 is 2.24 bits per heavy atom. The standard InChI is InChI=1S/C30H42O8/c1-14(10-16(31)11-15(2)26(37)38)17-12-21(34)30(7)22-18(32)13-19-27(3,4)20(33)8-9-28(19,5)23(22)24(35)25(36)29(17,30)6/h11,14,16-17,19-20,25,31,33,36H,8-10,12-13H2,1-7H3,(H,37,38)/b15-11+/t14?,16-,17+,19?,20-,25+,28-,29-,30-/m0/s1. The highest BCUT2D eigenvalue weighted by atomic mass is 16.4. The number of hydrogen-bond acceptors (Lipinski definition) is 7. The molecule has 4 aliphatic rings. The predicted molar refractivity (Wildman–Crippen MR) is 139 cm³/mol. The first-order chi connectivity index (χ1) is 17.4. The number of allylic oxidation sites excluding steroid dienone is 1. The van der Waals surface area contributed by atoms with E-state index in [1.807, 2.05) is 27.7 Å². The number of fused-ring (bicyclic) bond motifs is 4. The number of carboxylic acid groups (broad SMARTS) is 1. The Bertz CT molecular complexity index is 1160. The van der Waals surface area contributed by atoms with Gasteiger partial charge in [0, 0.05) is 40.4 Å². The topological polar surface area (TPSA) is 149 Å². The third kappa shape index (κ3) is 3.59. The average Bonchev–Trinajstić information content (AvgIpc) is 3.03. The van der Waals surface area contributed by atoms with Gasteiger partial charge in [0.05, 0.1) is 17.6 Å². The number of carbonyl (C=O) groups excluding carboxylic acids is 3. The van der Waals surface area contributed by atoms with Gasteiger partial charge < -0.3 is 20.4 Å². The lowest BCUT2D eigenvalue weighted by Crippen LogP contribution is -2.64. The van der Waals surface area contributed by atoms with Crippen LogP contribution in [0.3, 0.4) is 0 Å². The highest BCUT2D eigenvalue weighted by Gasteiger charge is 2.73. The molecule has 0 aromatic rings. The van der Waals surface area contributed by atoms with E-state index >= 15 is 0 Å². The summed E-state index contributed by atoms with van der Waals surface area (Å²) in [6, 6.07) is 0. The maximum absolute atomic E-state index is 14.1. The number of Topliss-reactive ketones (excluding diaryl/α,β-unsaturated/α-hetero) is 3. The van der Waals surface area contributed by atoms with E-state index in [9.17, 15) is 34.5 Å². The summed E-state index contributed by atoms with van der Waals surface area (Å²) in [6.07, 6.45) is -0.718. The second-order valence-corrected chi connectivity index (χ2v) is 13.6. The van der Waals surface area contributed by atoms with Gasteiger partial charge in [-0.15, -0.1) is 0 Å². The van der Waals surface area contributed by atoms with Crippen molar-refractivity contribution in [3.63, 3.8) is 0 Å². The molecule has 0 bridgehead atoms. The van der Waals surface area contributed by atoms with Gasteiger partial charge in [-0.1, -0.05) is 34.6 Å². The molecule has 0 spiro atoms. The average molecular weight is 531 g/mol. The third-order valence-electron chi connectivity index (χ3n) is 11.4. The van der Waals surface area contributed by atoms with Crippen LogP contribution in [0.5, 0.6) is 0 Å². The van der Waals surface area contributed by atoms with Gasteiger partial charge >= 0.3 is 5.97 Å². The predicted octanol–water partition coefficient (Wildman–Crippen LogP) is 3.02. The van der Waals surface area contributed by atoms with Gasteiger partial charge in [-0.25, -0.2) is 4.79 Å². The van der Waals surface area contributed by atoms with Crippen LogP contribution in [0.25, 0.3) is 0 Å². The molecule has 2 unspecified atom stereocenters. The molecule has 0 radical (unpaired) electrons. The molecule has 8 nitrogen and oxygen atoms in total. The first-order valence-electron chi connectivity index (χ1n) is 13.7. The molecule has 210 valence electrons. The summed E-state index contributed by atoms with van der Waals surface area (Å²) in [5.74, 6) is -3.28. The fourth-order valence-corrected chi connectivity index (χ4v) is 8.82. The van der Waals surface area contributed by atoms with E-state index in [1.165, 1.54) is 13.0 Å². The molecule has 8 heteroatoms. The number of carboxylic acids is 1. The molecule has 0 aromatic heterocycles. The van der Waals surface area contributed by atoms with Crippen LogP contribution < -0.4 is 0 Å². The number of carbonyl (C=O) groups is 4. The summed E-state index contributed by atoms with van der Waals surface area (Å²) >= 11 is 0. The molecular formula is C30H42O8. The largest absolute Gasteiger partial charge is 0.478 e. The first-order valence-corrected chi connectivity index (χ1v) is 13.7. The van der Waals surface area contributed by atoms with Crippen LogP contribution in [0.2, 0.25) is 0 Å². The fraction of sp³-hybridized carbons (Fsp3) is 0.733. The van der Waals surface area contributed by atoms with Gasteiger partial charge in [0.1, 0.15) is 11.9 Å². The zero-order chi connectivity index (χ0) is 28.7. The number of hydrogen-bond donors (Lipinski definition) is 4. The molecule has 9 atom stereocenters. The van der Waals surface area contributed by atoms with Crippen molar-refractivity contribution < 1.29 is 39.6 Å². The van der Waals surface area contributed by atoms with Crippen molar-refractivity contribution >= 4 is 23.3 Å². The van der Waals surface area contributed by atoms with Crippen LogP contribution in [-0.4, -0.2) is 62.1 Å². The minimum Gasteiger partial charge on any atom is -0.478 e. The Morgan fingerprint density at radius 2 is 1.66 bits per heavy atom. The Kier molecular flexibility index (Phi) is 6.78. The maximum Gasteiger partial charge on any atom is 0.331 e. The van der Waals surface area contributed by atoms with Gasteiger partial charge in [-0.05, 0) is 62.4 Å². The summed E-state index contributed by atoms with van der Waals surface area (Å²) in [6.45, 7) is 12.4. The summed E-state index contributed by atoms with van der Waals surface area (Å²) in [7, 11) is 0. The summed E-state index contributed by atoms with van der Waals surface area (Å²) in [5, 5.41) is 42.2. The maximum atomic E-state index is 14.1. The van der Waals surface area contributed by atoms with Crippen LogP contribution >= 0.6 is 0 Å². The van der Waals surface area contributed by atoms with Crippen molar-refractivity contribution in [1.29, 1.82) is 0 Å². The molecule has 4 N–H and O–H groups in total. The van der Waals surface area contributed by atoms with Crippen molar-refractivity contribution in [1.82, 2.24) is 0 Å². The van der Waals surface area contributed by atoms with Crippen molar-refractivity contribution in [2.24, 2.45) is 39.4 Å². The smallest absolute Gasteiger partial charge is 0.331 e. The molecule has 0 amide bonds.